The van der Waals surface area contributed by atoms with Crippen LogP contribution in [-0.4, -0.2) is 43.0 Å². The maximum Gasteiger partial charge on any atom is 0.224 e. The van der Waals surface area contributed by atoms with Crippen molar-refractivity contribution in [1.82, 2.24) is 4.90 Å². The Hall–Kier alpha value is -1.59. The Morgan fingerprint density at radius 1 is 1.19 bits per heavy atom. The highest BCUT2D eigenvalue weighted by Gasteiger charge is 2.39. The Bertz CT molecular complexity index is 665. The van der Waals surface area contributed by atoms with Crippen LogP contribution in [0.15, 0.2) is 18.2 Å². The lowest BCUT2D eigenvalue weighted by Crippen LogP contribution is -2.43. The summed E-state index contributed by atoms with van der Waals surface area (Å²) < 4.78 is 5.33. The van der Waals surface area contributed by atoms with Gasteiger partial charge in [-0.05, 0) is 42.9 Å². The van der Waals surface area contributed by atoms with E-state index in [1.54, 1.807) is 6.07 Å². The van der Waals surface area contributed by atoms with Gasteiger partial charge < -0.3 is 15.0 Å². The van der Waals surface area contributed by atoms with Gasteiger partial charge >= 0.3 is 0 Å². The molecule has 5 nitrogen and oxygen atoms in total. The fourth-order valence-corrected chi connectivity index (χ4v) is 4.18. The van der Waals surface area contributed by atoms with E-state index in [0.29, 0.717) is 49.9 Å². The number of amides is 2. The number of aryl methyl sites for hydroxylation is 1. The second-order valence-corrected chi connectivity index (χ2v) is 7.97. The van der Waals surface area contributed by atoms with E-state index in [9.17, 15) is 9.59 Å². The van der Waals surface area contributed by atoms with Crippen LogP contribution >= 0.6 is 11.6 Å². The van der Waals surface area contributed by atoms with Gasteiger partial charge in [0.25, 0.3) is 0 Å². The molecule has 1 aromatic rings. The molecule has 2 fully saturated rings. The van der Waals surface area contributed by atoms with E-state index < -0.39 is 0 Å². The van der Waals surface area contributed by atoms with Crippen molar-refractivity contribution in [2.24, 2.45) is 5.41 Å². The Balaban J connectivity index is 1.62. The first-order valence-corrected chi connectivity index (χ1v) is 9.77. The standard InChI is InChI=1S/C20H27ClN2O3/c1-15-4-5-16(12-17(15)21)22-18(24)13-20(6-2-3-7-20)14-19(25)23-8-10-26-11-9-23/h4-5,12H,2-3,6-11,13-14H2,1H3,(H,22,24). The largest absolute Gasteiger partial charge is 0.378 e. The monoisotopic (exact) mass is 378 g/mol. The van der Waals surface area contributed by atoms with Gasteiger partial charge in [0.2, 0.25) is 11.8 Å². The summed E-state index contributed by atoms with van der Waals surface area (Å²) >= 11 is 6.14. The van der Waals surface area contributed by atoms with Crippen molar-refractivity contribution in [1.29, 1.82) is 0 Å². The van der Waals surface area contributed by atoms with Gasteiger partial charge in [-0.2, -0.15) is 0 Å². The summed E-state index contributed by atoms with van der Waals surface area (Å²) in [7, 11) is 0. The van der Waals surface area contributed by atoms with Crippen LogP contribution in [0.1, 0.15) is 44.1 Å². The molecule has 1 saturated heterocycles. The van der Waals surface area contributed by atoms with E-state index in [4.69, 9.17) is 16.3 Å². The van der Waals surface area contributed by atoms with Crippen molar-refractivity contribution in [3.05, 3.63) is 28.8 Å². The number of nitrogens with one attached hydrogen (secondary N) is 1. The summed E-state index contributed by atoms with van der Waals surface area (Å²) in [6.07, 6.45) is 4.88. The molecule has 0 atom stereocenters. The number of morpholine rings is 1. The second kappa shape index (κ2) is 8.40. The molecule has 26 heavy (non-hydrogen) atoms. The Morgan fingerprint density at radius 2 is 1.88 bits per heavy atom. The minimum atomic E-state index is -0.214. The third-order valence-electron chi connectivity index (χ3n) is 5.55. The number of hydrogen-bond acceptors (Lipinski definition) is 3. The van der Waals surface area contributed by atoms with Gasteiger partial charge in [-0.15, -0.1) is 0 Å². The van der Waals surface area contributed by atoms with E-state index in [1.165, 1.54) is 0 Å². The van der Waals surface area contributed by atoms with Crippen molar-refractivity contribution in [3.63, 3.8) is 0 Å². The van der Waals surface area contributed by atoms with E-state index in [2.05, 4.69) is 5.32 Å². The number of nitrogens with zero attached hydrogens (tertiary/aromatic N) is 1. The number of benzene rings is 1. The molecule has 0 spiro atoms. The van der Waals surface area contributed by atoms with Gasteiger partial charge in [-0.25, -0.2) is 0 Å². The van der Waals surface area contributed by atoms with Crippen LogP contribution in [0.2, 0.25) is 5.02 Å². The minimum absolute atomic E-state index is 0.0402. The summed E-state index contributed by atoms with van der Waals surface area (Å²) in [5, 5.41) is 3.59. The van der Waals surface area contributed by atoms with E-state index in [0.717, 1.165) is 31.2 Å². The van der Waals surface area contributed by atoms with Crippen molar-refractivity contribution in [3.8, 4) is 0 Å². The Labute approximate surface area is 160 Å². The molecule has 3 rings (SSSR count). The highest BCUT2D eigenvalue weighted by Crippen LogP contribution is 2.44. The fraction of sp³-hybridized carbons (Fsp3) is 0.600. The highest BCUT2D eigenvalue weighted by molar-refractivity contribution is 6.31. The molecule has 2 amide bonds. The number of carbonyl (C=O) groups is 2. The van der Waals surface area contributed by atoms with E-state index in [1.807, 2.05) is 24.0 Å². The van der Waals surface area contributed by atoms with Crippen molar-refractivity contribution in [2.45, 2.75) is 45.4 Å². The summed E-state index contributed by atoms with van der Waals surface area (Å²) in [5.74, 6) is 0.114. The third kappa shape index (κ3) is 4.77. The number of halogens is 1. The highest BCUT2D eigenvalue weighted by atomic mass is 35.5. The average Bonchev–Trinajstić information content (AvgIpc) is 3.06. The molecule has 0 aromatic heterocycles. The zero-order valence-corrected chi connectivity index (χ0v) is 16.1. The third-order valence-corrected chi connectivity index (χ3v) is 5.95. The molecule has 0 bridgehead atoms. The van der Waals surface area contributed by atoms with Gasteiger partial charge in [-0.3, -0.25) is 9.59 Å². The number of anilines is 1. The maximum absolute atomic E-state index is 12.7. The second-order valence-electron chi connectivity index (χ2n) is 7.57. The Kier molecular flexibility index (Phi) is 6.20. The molecule has 0 radical (unpaired) electrons. The first kappa shape index (κ1) is 19.2. The van der Waals surface area contributed by atoms with Crippen LogP contribution in [0.25, 0.3) is 0 Å². The van der Waals surface area contributed by atoms with Crippen molar-refractivity contribution < 1.29 is 14.3 Å². The lowest BCUT2D eigenvalue weighted by Gasteiger charge is -2.33. The van der Waals surface area contributed by atoms with Crippen LogP contribution < -0.4 is 5.32 Å². The molecule has 1 saturated carbocycles. The summed E-state index contributed by atoms with van der Waals surface area (Å²) in [6.45, 7) is 4.45. The zero-order valence-electron chi connectivity index (χ0n) is 15.4. The number of hydrogen-bond donors (Lipinski definition) is 1. The molecular formula is C20H27ClN2O3. The summed E-state index contributed by atoms with van der Waals surface area (Å²) in [5.41, 5.74) is 1.47. The lowest BCUT2D eigenvalue weighted by molar-refractivity contribution is -0.138. The fourth-order valence-electron chi connectivity index (χ4n) is 4.00. The molecule has 2 aliphatic rings. The molecule has 1 aliphatic heterocycles. The van der Waals surface area contributed by atoms with Crippen molar-refractivity contribution in [2.75, 3.05) is 31.6 Å². The van der Waals surface area contributed by atoms with Crippen LogP contribution in [-0.2, 0) is 14.3 Å². The van der Waals surface area contributed by atoms with Gasteiger partial charge in [0, 0.05) is 36.6 Å². The predicted molar refractivity (Wildman–Crippen MR) is 102 cm³/mol. The van der Waals surface area contributed by atoms with E-state index >= 15 is 0 Å². The first-order valence-electron chi connectivity index (χ1n) is 9.39. The number of carbonyl (C=O) groups excluding carboxylic acids is 2. The lowest BCUT2D eigenvalue weighted by atomic mass is 9.78. The molecule has 142 valence electrons. The van der Waals surface area contributed by atoms with Gasteiger partial charge in [0.15, 0.2) is 0 Å². The molecule has 1 aliphatic carbocycles. The predicted octanol–water partition coefficient (Wildman–Crippen LogP) is 3.79. The zero-order chi connectivity index (χ0) is 18.6. The van der Waals surface area contributed by atoms with Gasteiger partial charge in [0.1, 0.15) is 0 Å². The Morgan fingerprint density at radius 3 is 2.54 bits per heavy atom. The molecule has 1 heterocycles. The van der Waals surface area contributed by atoms with E-state index in [-0.39, 0.29) is 17.2 Å². The normalized spacial score (nSPS) is 19.4. The maximum atomic E-state index is 12.7. The van der Waals surface area contributed by atoms with Gasteiger partial charge in [0.05, 0.1) is 13.2 Å². The molecule has 1 aromatic carbocycles. The van der Waals surface area contributed by atoms with Crippen LogP contribution in [0, 0.1) is 12.3 Å². The SMILES string of the molecule is Cc1ccc(NC(=O)CC2(CC(=O)N3CCOCC3)CCCC2)cc1Cl. The van der Waals surface area contributed by atoms with Crippen LogP contribution in [0.3, 0.4) is 0 Å². The topological polar surface area (TPSA) is 58.6 Å². The summed E-state index contributed by atoms with van der Waals surface area (Å²) in [6, 6.07) is 5.53. The smallest absolute Gasteiger partial charge is 0.224 e. The van der Waals surface area contributed by atoms with Crippen LogP contribution in [0.4, 0.5) is 5.69 Å². The molecule has 0 unspecified atom stereocenters. The summed E-state index contributed by atoms with van der Waals surface area (Å²) in [4.78, 5) is 27.2. The molecule has 6 heteroatoms. The molecule has 1 N–H and O–H groups in total. The average molecular weight is 379 g/mol. The van der Waals surface area contributed by atoms with Gasteiger partial charge in [-0.1, -0.05) is 30.5 Å². The minimum Gasteiger partial charge on any atom is -0.378 e. The number of rotatable bonds is 5. The quantitative estimate of drug-likeness (QED) is 0.848. The van der Waals surface area contributed by atoms with Crippen LogP contribution in [0.5, 0.6) is 0 Å². The van der Waals surface area contributed by atoms with Crippen molar-refractivity contribution >= 4 is 29.1 Å². The number of ether oxygens (including phenoxy) is 1. The molecular weight excluding hydrogens is 352 g/mol. The first-order chi connectivity index (χ1) is 12.5.